The van der Waals surface area contributed by atoms with Crippen molar-refractivity contribution in [2.24, 2.45) is 0 Å². The van der Waals surface area contributed by atoms with Gasteiger partial charge in [-0.25, -0.2) is 0 Å². The van der Waals surface area contributed by atoms with Crippen LogP contribution >= 0.6 is 0 Å². The molecule has 14 nitrogen and oxygen atoms in total. The number of hydrogen-bond acceptors (Lipinski definition) is 13. The number of nitrogens with one attached hydrogen (secondary N) is 1. The van der Waals surface area contributed by atoms with E-state index in [0.29, 0.717) is 12.8 Å². The SMILES string of the molecule is CCCCCCCCC/C=C\CCCCCCCCCC(=O)NC(COC1OC(CO)C(OC2OC(CO)C(O)C(O)C2O)C(O)C1O)C(O)CCCCCC. The molecule has 0 bridgehead atoms. The van der Waals surface area contributed by atoms with Gasteiger partial charge in [-0.05, 0) is 38.5 Å². The van der Waals surface area contributed by atoms with E-state index in [1.54, 1.807) is 0 Å². The number of carbonyl (C=O) groups excluding carboxylic acids is 1. The zero-order valence-corrected chi connectivity index (χ0v) is 34.4. The molecule has 2 rings (SSSR count). The van der Waals surface area contributed by atoms with Crippen LogP contribution in [0.25, 0.3) is 0 Å². The smallest absolute Gasteiger partial charge is 0.220 e. The molecule has 14 heteroatoms. The lowest BCUT2D eigenvalue weighted by Crippen LogP contribution is -2.65. The van der Waals surface area contributed by atoms with Crippen LogP contribution in [-0.4, -0.2) is 140 Å². The molecule has 1 amide bonds. The first kappa shape index (κ1) is 50.9. The Bertz CT molecular complexity index is 1000. The molecule has 2 saturated heterocycles. The maximum Gasteiger partial charge on any atom is 0.220 e. The Kier molecular flexibility index (Phi) is 27.9. The molecule has 0 radical (unpaired) electrons. The monoisotopic (exact) mass is 806 g/mol. The summed E-state index contributed by atoms with van der Waals surface area (Å²) in [6.45, 7) is 2.69. The quantitative estimate of drug-likeness (QED) is 0.0350. The Hall–Kier alpha value is -1.27. The van der Waals surface area contributed by atoms with Crippen LogP contribution < -0.4 is 5.32 Å². The van der Waals surface area contributed by atoms with Crippen LogP contribution in [0.15, 0.2) is 12.2 Å². The molecule has 56 heavy (non-hydrogen) atoms. The molecule has 0 aromatic carbocycles. The Morgan fingerprint density at radius 2 is 1.12 bits per heavy atom. The molecule has 9 N–H and O–H groups in total. The molecule has 0 aromatic rings. The van der Waals surface area contributed by atoms with Gasteiger partial charge in [0.05, 0.1) is 32.0 Å². The van der Waals surface area contributed by atoms with E-state index >= 15 is 0 Å². The molecule has 0 spiro atoms. The number of amides is 1. The molecule has 2 aliphatic rings. The highest BCUT2D eigenvalue weighted by molar-refractivity contribution is 5.76. The summed E-state index contributed by atoms with van der Waals surface area (Å²) in [4.78, 5) is 13.0. The third-order valence-electron chi connectivity index (χ3n) is 11.0. The molecule has 0 aliphatic carbocycles. The molecule has 2 fully saturated rings. The van der Waals surface area contributed by atoms with Gasteiger partial charge in [0.25, 0.3) is 0 Å². The highest BCUT2D eigenvalue weighted by Gasteiger charge is 2.51. The van der Waals surface area contributed by atoms with Crippen molar-refractivity contribution >= 4 is 5.91 Å². The summed E-state index contributed by atoms with van der Waals surface area (Å²) in [5.41, 5.74) is 0. The summed E-state index contributed by atoms with van der Waals surface area (Å²) in [7, 11) is 0. The largest absolute Gasteiger partial charge is 0.394 e. The summed E-state index contributed by atoms with van der Waals surface area (Å²) >= 11 is 0. The summed E-state index contributed by atoms with van der Waals surface area (Å²) in [6, 6.07) is -0.822. The number of carbonyl (C=O) groups is 1. The van der Waals surface area contributed by atoms with E-state index in [0.717, 1.165) is 57.8 Å². The first-order valence-corrected chi connectivity index (χ1v) is 21.9. The van der Waals surface area contributed by atoms with Gasteiger partial charge in [-0.3, -0.25) is 4.79 Å². The Balaban J connectivity index is 1.76. The van der Waals surface area contributed by atoms with E-state index in [9.17, 15) is 45.6 Å². The minimum absolute atomic E-state index is 0.221. The normalized spacial score (nSPS) is 29.5. The summed E-state index contributed by atoms with van der Waals surface area (Å²) in [5, 5.41) is 85.9. The van der Waals surface area contributed by atoms with Crippen LogP contribution in [0.2, 0.25) is 0 Å². The summed E-state index contributed by atoms with van der Waals surface area (Å²) in [6.07, 6.45) is 11.6. The number of hydrogen-bond donors (Lipinski definition) is 9. The third kappa shape index (κ3) is 19.2. The van der Waals surface area contributed by atoms with Gasteiger partial charge in [-0.15, -0.1) is 0 Å². The number of aliphatic hydroxyl groups excluding tert-OH is 8. The van der Waals surface area contributed by atoms with Crippen molar-refractivity contribution in [1.29, 1.82) is 0 Å². The van der Waals surface area contributed by atoms with E-state index in [4.69, 9.17) is 18.9 Å². The van der Waals surface area contributed by atoms with Gasteiger partial charge >= 0.3 is 0 Å². The lowest BCUT2D eigenvalue weighted by molar-refractivity contribution is -0.359. The maximum atomic E-state index is 13.0. The lowest BCUT2D eigenvalue weighted by atomic mass is 9.97. The predicted molar refractivity (Wildman–Crippen MR) is 212 cm³/mol. The minimum atomic E-state index is -1.78. The average molecular weight is 806 g/mol. The standard InChI is InChI=1S/C42H79NO13/c1-3-5-7-9-10-11-12-13-14-15-16-17-18-19-20-21-22-24-26-34(47)43-30(31(46)25-23-8-6-4-2)29-53-41-39(52)37(50)40(33(28-45)55-41)56-42-38(51)36(49)35(48)32(27-44)54-42/h14-15,30-33,35-42,44-46,48-52H,3-13,16-29H2,1-2H3,(H,43,47)/b15-14-. The first-order chi connectivity index (χ1) is 27.1. The van der Waals surface area contributed by atoms with E-state index in [1.165, 1.54) is 70.6 Å². The molecule has 12 atom stereocenters. The zero-order valence-electron chi connectivity index (χ0n) is 34.4. The van der Waals surface area contributed by atoms with E-state index < -0.39 is 86.8 Å². The van der Waals surface area contributed by atoms with Crippen LogP contribution in [0, 0.1) is 0 Å². The summed E-state index contributed by atoms with van der Waals surface area (Å²) in [5.74, 6) is -0.221. The van der Waals surface area contributed by atoms with Crippen molar-refractivity contribution in [2.45, 2.75) is 229 Å². The van der Waals surface area contributed by atoms with Gasteiger partial charge < -0.3 is 65.1 Å². The van der Waals surface area contributed by atoms with Crippen LogP contribution in [0.1, 0.15) is 155 Å². The second kappa shape index (κ2) is 30.7. The second-order valence-corrected chi connectivity index (χ2v) is 15.8. The van der Waals surface area contributed by atoms with Crippen molar-refractivity contribution in [3.63, 3.8) is 0 Å². The molecule has 12 unspecified atom stereocenters. The Morgan fingerprint density at radius 1 is 0.625 bits per heavy atom. The zero-order chi connectivity index (χ0) is 41.1. The minimum Gasteiger partial charge on any atom is -0.394 e. The number of unbranched alkanes of at least 4 members (excludes halogenated alkanes) is 17. The highest BCUT2D eigenvalue weighted by Crippen LogP contribution is 2.30. The molecule has 0 saturated carbocycles. The maximum absolute atomic E-state index is 13.0. The van der Waals surface area contributed by atoms with Gasteiger partial charge in [-0.2, -0.15) is 0 Å². The van der Waals surface area contributed by atoms with Gasteiger partial charge in [0.1, 0.15) is 48.8 Å². The van der Waals surface area contributed by atoms with Crippen LogP contribution in [0.5, 0.6) is 0 Å². The number of allylic oxidation sites excluding steroid dienone is 2. The molecule has 2 aliphatic heterocycles. The van der Waals surface area contributed by atoms with E-state index in [-0.39, 0.29) is 12.5 Å². The topological polar surface area (TPSA) is 228 Å². The van der Waals surface area contributed by atoms with Crippen LogP contribution in [-0.2, 0) is 23.7 Å². The number of aliphatic hydroxyl groups is 8. The van der Waals surface area contributed by atoms with Crippen molar-refractivity contribution in [1.82, 2.24) is 5.32 Å². The molecular formula is C42H79NO13. The van der Waals surface area contributed by atoms with Crippen LogP contribution in [0.3, 0.4) is 0 Å². The van der Waals surface area contributed by atoms with Gasteiger partial charge in [0.2, 0.25) is 5.91 Å². The number of rotatable bonds is 32. The van der Waals surface area contributed by atoms with Crippen molar-refractivity contribution in [3.8, 4) is 0 Å². The number of ether oxygens (including phenoxy) is 4. The molecule has 2 heterocycles. The fourth-order valence-electron chi connectivity index (χ4n) is 7.29. The first-order valence-electron chi connectivity index (χ1n) is 21.9. The predicted octanol–water partition coefficient (Wildman–Crippen LogP) is 3.65. The van der Waals surface area contributed by atoms with Crippen molar-refractivity contribution in [2.75, 3.05) is 19.8 Å². The molecule has 330 valence electrons. The van der Waals surface area contributed by atoms with Gasteiger partial charge in [-0.1, -0.05) is 122 Å². The Labute approximate surface area is 336 Å². The van der Waals surface area contributed by atoms with Gasteiger partial charge in [0.15, 0.2) is 12.6 Å². The van der Waals surface area contributed by atoms with Crippen LogP contribution in [0.4, 0.5) is 0 Å². The third-order valence-corrected chi connectivity index (χ3v) is 11.0. The van der Waals surface area contributed by atoms with E-state index in [1.807, 2.05) is 0 Å². The molecular weight excluding hydrogens is 726 g/mol. The lowest BCUT2D eigenvalue weighted by Gasteiger charge is -2.46. The highest BCUT2D eigenvalue weighted by atomic mass is 16.7. The average Bonchev–Trinajstić information content (AvgIpc) is 3.19. The van der Waals surface area contributed by atoms with Crippen molar-refractivity contribution < 1.29 is 64.6 Å². The van der Waals surface area contributed by atoms with Crippen molar-refractivity contribution in [3.05, 3.63) is 12.2 Å². The van der Waals surface area contributed by atoms with E-state index in [2.05, 4.69) is 31.3 Å². The second-order valence-electron chi connectivity index (χ2n) is 15.8. The fraction of sp³-hybridized carbons (Fsp3) is 0.929. The van der Waals surface area contributed by atoms with Gasteiger partial charge in [0, 0.05) is 6.42 Å². The Morgan fingerprint density at radius 3 is 1.70 bits per heavy atom. The summed E-state index contributed by atoms with van der Waals surface area (Å²) < 4.78 is 22.5. The fourth-order valence-corrected chi connectivity index (χ4v) is 7.29. The molecule has 0 aromatic heterocycles.